The molecule has 0 amide bonds. The molecule has 0 saturated carbocycles. The maximum absolute atomic E-state index is 11.0. The molecule has 1 heterocycles. The van der Waals surface area contributed by atoms with Crippen molar-refractivity contribution in [3.63, 3.8) is 0 Å². The van der Waals surface area contributed by atoms with Crippen LogP contribution >= 0.6 is 0 Å². The third kappa shape index (κ3) is 3.65. The van der Waals surface area contributed by atoms with Gasteiger partial charge in [-0.25, -0.2) is 0 Å². The maximum Gasteiger partial charge on any atom is 0.269 e. The quantitative estimate of drug-likeness (QED) is 0.582. The van der Waals surface area contributed by atoms with Gasteiger partial charge in [0.05, 0.1) is 19.1 Å². The van der Waals surface area contributed by atoms with E-state index in [-0.39, 0.29) is 16.7 Å². The van der Waals surface area contributed by atoms with Gasteiger partial charge in [0.2, 0.25) is 0 Å². The second-order valence-corrected chi connectivity index (χ2v) is 6.62. The molecule has 1 aliphatic heterocycles. The summed E-state index contributed by atoms with van der Waals surface area (Å²) < 4.78 is 10.9. The Kier molecular flexibility index (Phi) is 5.42. The molecule has 1 aliphatic rings. The zero-order valence-electron chi connectivity index (χ0n) is 15.4. The zero-order chi connectivity index (χ0) is 18.7. The first kappa shape index (κ1) is 18.2. The van der Waals surface area contributed by atoms with Crippen LogP contribution in [0.5, 0.6) is 11.5 Å². The molecule has 2 aromatic rings. The Hall–Kier alpha value is -2.60. The molecule has 6 heteroatoms. The summed E-state index contributed by atoms with van der Waals surface area (Å²) in [6.45, 7) is 0.974. The fourth-order valence-electron chi connectivity index (χ4n) is 3.66. The van der Waals surface area contributed by atoms with Crippen LogP contribution < -0.4 is 9.47 Å². The van der Waals surface area contributed by atoms with Gasteiger partial charge in [-0.3, -0.25) is 15.0 Å². The Morgan fingerprint density at radius 2 is 1.92 bits per heavy atom. The Balaban J connectivity index is 1.84. The van der Waals surface area contributed by atoms with Gasteiger partial charge in [0, 0.05) is 24.7 Å². The zero-order valence-corrected chi connectivity index (χ0v) is 15.4. The van der Waals surface area contributed by atoms with Crippen molar-refractivity contribution in [2.45, 2.75) is 25.3 Å². The molecule has 3 rings (SSSR count). The molecule has 0 fully saturated rings. The van der Waals surface area contributed by atoms with Crippen LogP contribution in [0.4, 0.5) is 5.69 Å². The molecular formula is C20H24N2O4. The first-order chi connectivity index (χ1) is 12.5. The summed E-state index contributed by atoms with van der Waals surface area (Å²) in [7, 11) is 5.42. The number of ether oxygens (including phenoxy) is 2. The number of fused-ring (bicyclic) bond motifs is 1. The van der Waals surface area contributed by atoms with E-state index in [1.54, 1.807) is 26.4 Å². The van der Waals surface area contributed by atoms with Gasteiger partial charge < -0.3 is 9.47 Å². The third-order valence-electron chi connectivity index (χ3n) is 5.10. The van der Waals surface area contributed by atoms with E-state index in [1.807, 2.05) is 6.07 Å². The van der Waals surface area contributed by atoms with Crippen LogP contribution in [-0.4, -0.2) is 37.6 Å². The molecule has 138 valence electrons. The average Bonchev–Trinajstić information content (AvgIpc) is 2.66. The van der Waals surface area contributed by atoms with Crippen molar-refractivity contribution < 1.29 is 14.4 Å². The van der Waals surface area contributed by atoms with Gasteiger partial charge in [-0.1, -0.05) is 12.1 Å². The number of methoxy groups -OCH3 is 2. The number of nitro groups is 1. The van der Waals surface area contributed by atoms with Crippen molar-refractivity contribution in [1.29, 1.82) is 0 Å². The molecule has 0 N–H and O–H groups in total. The number of benzene rings is 2. The topological polar surface area (TPSA) is 64.8 Å². The fourth-order valence-corrected chi connectivity index (χ4v) is 3.66. The number of nitro benzene ring substituents is 1. The minimum atomic E-state index is -0.345. The van der Waals surface area contributed by atoms with Crippen molar-refractivity contribution in [3.05, 3.63) is 63.2 Å². The Morgan fingerprint density at radius 1 is 1.19 bits per heavy atom. The normalized spacial score (nSPS) is 16.8. The van der Waals surface area contributed by atoms with E-state index in [9.17, 15) is 10.1 Å². The van der Waals surface area contributed by atoms with Crippen molar-refractivity contribution in [2.75, 3.05) is 27.8 Å². The molecule has 0 saturated heterocycles. The van der Waals surface area contributed by atoms with Gasteiger partial charge in [0.1, 0.15) is 0 Å². The largest absolute Gasteiger partial charge is 0.493 e. The lowest BCUT2D eigenvalue weighted by Gasteiger charge is -2.35. The summed E-state index contributed by atoms with van der Waals surface area (Å²) in [5.41, 5.74) is 3.66. The highest BCUT2D eigenvalue weighted by Gasteiger charge is 2.26. The van der Waals surface area contributed by atoms with E-state index >= 15 is 0 Å². The Labute approximate surface area is 153 Å². The van der Waals surface area contributed by atoms with E-state index in [2.05, 4.69) is 24.1 Å². The summed E-state index contributed by atoms with van der Waals surface area (Å²) in [6.07, 6.45) is 2.64. The molecule has 0 aromatic heterocycles. The van der Waals surface area contributed by atoms with Gasteiger partial charge in [-0.2, -0.15) is 0 Å². The van der Waals surface area contributed by atoms with Crippen LogP contribution in [0.2, 0.25) is 0 Å². The first-order valence-corrected chi connectivity index (χ1v) is 8.72. The van der Waals surface area contributed by atoms with Gasteiger partial charge in [-0.05, 0) is 55.1 Å². The van der Waals surface area contributed by atoms with Crippen LogP contribution in [-0.2, 0) is 12.8 Å². The molecule has 1 unspecified atom stereocenters. The van der Waals surface area contributed by atoms with Crippen LogP contribution in [0.15, 0.2) is 36.4 Å². The lowest BCUT2D eigenvalue weighted by molar-refractivity contribution is -0.384. The van der Waals surface area contributed by atoms with E-state index in [1.165, 1.54) is 17.2 Å². The lowest BCUT2D eigenvalue weighted by atomic mass is 9.89. The van der Waals surface area contributed by atoms with Gasteiger partial charge in [0.25, 0.3) is 5.69 Å². The lowest BCUT2D eigenvalue weighted by Crippen LogP contribution is -2.32. The van der Waals surface area contributed by atoms with E-state index in [0.29, 0.717) is 0 Å². The summed E-state index contributed by atoms with van der Waals surface area (Å²) in [4.78, 5) is 13.0. The summed E-state index contributed by atoms with van der Waals surface area (Å²) in [5, 5.41) is 11.0. The van der Waals surface area contributed by atoms with E-state index < -0.39 is 0 Å². The molecule has 0 aliphatic carbocycles. The van der Waals surface area contributed by atoms with Crippen molar-refractivity contribution in [2.24, 2.45) is 0 Å². The molecule has 0 radical (unpaired) electrons. The number of non-ortho nitro benzene ring substituents is 1. The van der Waals surface area contributed by atoms with Crippen LogP contribution in [0.25, 0.3) is 0 Å². The predicted octanol–water partition coefficient (Wildman–Crippen LogP) is 3.77. The van der Waals surface area contributed by atoms with Gasteiger partial charge >= 0.3 is 0 Å². The van der Waals surface area contributed by atoms with Crippen molar-refractivity contribution in [3.8, 4) is 11.5 Å². The first-order valence-electron chi connectivity index (χ1n) is 8.72. The summed E-state index contributed by atoms with van der Waals surface area (Å²) >= 11 is 0. The second kappa shape index (κ2) is 7.74. The van der Waals surface area contributed by atoms with Crippen molar-refractivity contribution >= 4 is 5.69 Å². The summed E-state index contributed by atoms with van der Waals surface area (Å²) in [6, 6.07) is 11.3. The molecular weight excluding hydrogens is 332 g/mol. The highest BCUT2D eigenvalue weighted by atomic mass is 16.6. The molecule has 0 bridgehead atoms. The average molecular weight is 356 g/mol. The van der Waals surface area contributed by atoms with Crippen molar-refractivity contribution in [1.82, 2.24) is 4.90 Å². The molecule has 6 nitrogen and oxygen atoms in total. The van der Waals surface area contributed by atoms with Gasteiger partial charge in [0.15, 0.2) is 11.5 Å². The van der Waals surface area contributed by atoms with E-state index in [4.69, 9.17) is 9.47 Å². The standard InChI is InChI=1S/C20H24N2O4/c1-21-10-9-15-12-19(25-2)20(26-3)13-17(15)18(21)8-7-14-5-4-6-16(11-14)22(23)24/h4-6,11-13,18H,7-10H2,1-3H3. The molecule has 2 aromatic carbocycles. The van der Waals surface area contributed by atoms with Crippen LogP contribution in [0, 0.1) is 10.1 Å². The molecule has 26 heavy (non-hydrogen) atoms. The highest BCUT2D eigenvalue weighted by Crippen LogP contribution is 2.39. The van der Waals surface area contributed by atoms with E-state index in [0.717, 1.165) is 42.9 Å². The molecule has 0 spiro atoms. The Bertz CT molecular complexity index is 806. The Morgan fingerprint density at radius 3 is 2.62 bits per heavy atom. The highest BCUT2D eigenvalue weighted by molar-refractivity contribution is 5.49. The summed E-state index contributed by atoms with van der Waals surface area (Å²) in [5.74, 6) is 1.50. The number of hydrogen-bond acceptors (Lipinski definition) is 5. The fraction of sp³-hybridized carbons (Fsp3) is 0.400. The minimum Gasteiger partial charge on any atom is -0.493 e. The third-order valence-corrected chi connectivity index (χ3v) is 5.10. The van der Waals surface area contributed by atoms with Crippen LogP contribution in [0.3, 0.4) is 0 Å². The minimum absolute atomic E-state index is 0.145. The predicted molar refractivity (Wildman–Crippen MR) is 100 cm³/mol. The maximum atomic E-state index is 11.0. The number of hydrogen-bond donors (Lipinski definition) is 0. The molecule has 1 atom stereocenters. The number of nitrogens with zero attached hydrogens (tertiary/aromatic N) is 2. The monoisotopic (exact) mass is 356 g/mol. The number of rotatable bonds is 6. The van der Waals surface area contributed by atoms with Crippen LogP contribution in [0.1, 0.15) is 29.2 Å². The second-order valence-electron chi connectivity index (χ2n) is 6.62. The van der Waals surface area contributed by atoms with Gasteiger partial charge in [-0.15, -0.1) is 0 Å². The number of aryl methyl sites for hydroxylation is 1. The smallest absolute Gasteiger partial charge is 0.269 e. The SMILES string of the molecule is COc1cc2c(cc1OC)C(CCc1cccc([N+](=O)[O-])c1)N(C)CC2. The number of likely N-dealkylation sites (N-methyl/N-ethyl adjacent to an activating group) is 1.